The molecule has 2 unspecified atom stereocenters. The molecule has 0 aliphatic carbocycles. The number of hydrogen-bond donors (Lipinski definition) is 1. The third kappa shape index (κ3) is 4.64. The molecule has 2 heterocycles. The van der Waals surface area contributed by atoms with Crippen molar-refractivity contribution in [3.8, 4) is 5.75 Å². The molecule has 0 saturated carbocycles. The van der Waals surface area contributed by atoms with Gasteiger partial charge in [-0.1, -0.05) is 19.9 Å². The maximum Gasteiger partial charge on any atom is 0.269 e. The third-order valence-electron chi connectivity index (χ3n) is 5.80. The van der Waals surface area contributed by atoms with E-state index in [2.05, 4.69) is 48.1 Å². The molecule has 1 aliphatic heterocycles. The van der Waals surface area contributed by atoms with E-state index in [1.54, 1.807) is 12.3 Å². The molecule has 150 valence electrons. The van der Waals surface area contributed by atoms with E-state index < -0.39 is 0 Å². The summed E-state index contributed by atoms with van der Waals surface area (Å²) in [6.07, 6.45) is 2.72. The molecular formula is C23H31N3O2. The minimum absolute atomic E-state index is 0.107. The first-order valence-electron chi connectivity index (χ1n) is 10.1. The highest BCUT2D eigenvalue weighted by molar-refractivity contribution is 5.92. The van der Waals surface area contributed by atoms with Gasteiger partial charge in [-0.2, -0.15) is 0 Å². The molecule has 5 heteroatoms. The molecule has 1 amide bonds. The number of hydrogen-bond acceptors (Lipinski definition) is 4. The SMILES string of the molecule is CCOc1ccc(N2CC(CNC(=O)c3ccccn3)CC(C)(C)C2C)cc1. The lowest BCUT2D eigenvalue weighted by Gasteiger charge is -2.49. The molecule has 5 nitrogen and oxygen atoms in total. The Labute approximate surface area is 168 Å². The van der Waals surface area contributed by atoms with Crippen LogP contribution in [0, 0.1) is 11.3 Å². The van der Waals surface area contributed by atoms with Crippen molar-refractivity contribution < 1.29 is 9.53 Å². The highest BCUT2D eigenvalue weighted by Gasteiger charge is 2.39. The summed E-state index contributed by atoms with van der Waals surface area (Å²) in [6.45, 7) is 11.1. The largest absolute Gasteiger partial charge is 0.494 e. The van der Waals surface area contributed by atoms with Crippen LogP contribution in [0.25, 0.3) is 0 Å². The van der Waals surface area contributed by atoms with Crippen molar-refractivity contribution in [1.29, 1.82) is 0 Å². The number of carbonyl (C=O) groups excluding carboxylic acids is 1. The monoisotopic (exact) mass is 381 g/mol. The number of amides is 1. The Hall–Kier alpha value is -2.56. The fourth-order valence-electron chi connectivity index (χ4n) is 4.03. The normalized spacial score (nSPS) is 21.2. The molecule has 28 heavy (non-hydrogen) atoms. The van der Waals surface area contributed by atoms with E-state index in [1.165, 1.54) is 5.69 Å². The van der Waals surface area contributed by atoms with Gasteiger partial charge in [0, 0.05) is 31.0 Å². The zero-order chi connectivity index (χ0) is 20.1. The van der Waals surface area contributed by atoms with Gasteiger partial charge in [0.25, 0.3) is 5.91 Å². The fourth-order valence-corrected chi connectivity index (χ4v) is 4.03. The van der Waals surface area contributed by atoms with Gasteiger partial charge in [-0.15, -0.1) is 0 Å². The predicted octanol–water partition coefficient (Wildman–Crippen LogP) is 4.15. The summed E-state index contributed by atoms with van der Waals surface area (Å²) in [6, 6.07) is 14.1. The molecule has 0 spiro atoms. The van der Waals surface area contributed by atoms with E-state index in [0.29, 0.717) is 30.8 Å². The number of piperidine rings is 1. The van der Waals surface area contributed by atoms with Gasteiger partial charge < -0.3 is 15.0 Å². The van der Waals surface area contributed by atoms with Gasteiger partial charge in [0.05, 0.1) is 6.61 Å². The van der Waals surface area contributed by atoms with E-state index in [9.17, 15) is 4.79 Å². The molecule has 2 aromatic rings. The lowest BCUT2D eigenvalue weighted by Crippen LogP contribution is -2.53. The topological polar surface area (TPSA) is 54.5 Å². The summed E-state index contributed by atoms with van der Waals surface area (Å²) in [5.41, 5.74) is 1.82. The van der Waals surface area contributed by atoms with Crippen molar-refractivity contribution in [2.45, 2.75) is 40.2 Å². The summed E-state index contributed by atoms with van der Waals surface area (Å²) in [5, 5.41) is 3.07. The number of nitrogens with zero attached hydrogens (tertiary/aromatic N) is 2. The van der Waals surface area contributed by atoms with Crippen molar-refractivity contribution in [1.82, 2.24) is 10.3 Å². The van der Waals surface area contributed by atoms with Crippen molar-refractivity contribution in [3.63, 3.8) is 0 Å². The Kier molecular flexibility index (Phi) is 6.22. The molecule has 0 radical (unpaired) electrons. The van der Waals surface area contributed by atoms with Gasteiger partial charge in [0.15, 0.2) is 0 Å². The van der Waals surface area contributed by atoms with Gasteiger partial charge in [-0.25, -0.2) is 0 Å². The standard InChI is InChI=1S/C23H31N3O2/c1-5-28-20-11-9-19(10-12-20)26-16-18(14-23(3,4)17(26)2)15-25-22(27)21-8-6-7-13-24-21/h6-13,17-18H,5,14-16H2,1-4H3,(H,25,27). The van der Waals surface area contributed by atoms with Crippen molar-refractivity contribution in [2.75, 3.05) is 24.6 Å². The number of benzene rings is 1. The first kappa shape index (κ1) is 20.2. The second kappa shape index (κ2) is 8.63. The number of aromatic nitrogens is 1. The number of pyridine rings is 1. The zero-order valence-corrected chi connectivity index (χ0v) is 17.3. The Morgan fingerprint density at radius 2 is 2.00 bits per heavy atom. The van der Waals surface area contributed by atoms with Crippen molar-refractivity contribution >= 4 is 11.6 Å². The van der Waals surface area contributed by atoms with Crippen LogP contribution in [0.5, 0.6) is 5.75 Å². The lowest BCUT2D eigenvalue weighted by molar-refractivity contribution is 0.0927. The Morgan fingerprint density at radius 3 is 2.64 bits per heavy atom. The highest BCUT2D eigenvalue weighted by atomic mass is 16.5. The van der Waals surface area contributed by atoms with E-state index >= 15 is 0 Å². The third-order valence-corrected chi connectivity index (χ3v) is 5.80. The van der Waals surface area contributed by atoms with Crippen LogP contribution in [-0.2, 0) is 0 Å². The maximum absolute atomic E-state index is 12.4. The number of rotatable bonds is 6. The van der Waals surface area contributed by atoms with Gasteiger partial charge in [-0.05, 0) is 68.0 Å². The van der Waals surface area contributed by atoms with Crippen LogP contribution >= 0.6 is 0 Å². The maximum atomic E-state index is 12.4. The number of ether oxygens (including phenoxy) is 1. The minimum atomic E-state index is -0.107. The molecule has 1 N–H and O–H groups in total. The first-order valence-corrected chi connectivity index (χ1v) is 10.1. The zero-order valence-electron chi connectivity index (χ0n) is 17.3. The molecule has 1 aromatic carbocycles. The number of nitrogens with one attached hydrogen (secondary N) is 1. The molecule has 0 bridgehead atoms. The second-order valence-electron chi connectivity index (χ2n) is 8.24. The molecule has 1 fully saturated rings. The van der Waals surface area contributed by atoms with Gasteiger partial charge in [-0.3, -0.25) is 9.78 Å². The van der Waals surface area contributed by atoms with E-state index in [4.69, 9.17) is 4.74 Å². The predicted molar refractivity (Wildman–Crippen MR) is 113 cm³/mol. The molecule has 1 aromatic heterocycles. The molecular weight excluding hydrogens is 350 g/mol. The van der Waals surface area contributed by atoms with Crippen LogP contribution in [0.4, 0.5) is 5.69 Å². The van der Waals surface area contributed by atoms with Crippen LogP contribution in [0.1, 0.15) is 44.6 Å². The van der Waals surface area contributed by atoms with Gasteiger partial charge >= 0.3 is 0 Å². The smallest absolute Gasteiger partial charge is 0.269 e. The molecule has 1 aliphatic rings. The fraction of sp³-hybridized carbons (Fsp3) is 0.478. The summed E-state index contributed by atoms with van der Waals surface area (Å²) in [5.74, 6) is 1.17. The minimum Gasteiger partial charge on any atom is -0.494 e. The van der Waals surface area contributed by atoms with Crippen LogP contribution in [-0.4, -0.2) is 36.6 Å². The summed E-state index contributed by atoms with van der Waals surface area (Å²) in [4.78, 5) is 19.0. The van der Waals surface area contributed by atoms with Gasteiger partial charge in [0.2, 0.25) is 0 Å². The van der Waals surface area contributed by atoms with Crippen molar-refractivity contribution in [2.24, 2.45) is 11.3 Å². The molecule has 3 rings (SSSR count). The Bertz CT molecular complexity index is 774. The number of carbonyl (C=O) groups is 1. The average Bonchev–Trinajstić information content (AvgIpc) is 2.70. The Morgan fingerprint density at radius 1 is 1.25 bits per heavy atom. The summed E-state index contributed by atoms with van der Waals surface area (Å²) in [7, 11) is 0. The lowest BCUT2D eigenvalue weighted by atomic mass is 9.72. The molecule has 1 saturated heterocycles. The first-order chi connectivity index (χ1) is 13.4. The summed E-state index contributed by atoms with van der Waals surface area (Å²) < 4.78 is 5.57. The molecule has 2 atom stereocenters. The van der Waals surface area contributed by atoms with Gasteiger partial charge in [0.1, 0.15) is 11.4 Å². The average molecular weight is 382 g/mol. The van der Waals surface area contributed by atoms with Crippen LogP contribution in [0.15, 0.2) is 48.7 Å². The summed E-state index contributed by atoms with van der Waals surface area (Å²) >= 11 is 0. The second-order valence-corrected chi connectivity index (χ2v) is 8.24. The van der Waals surface area contributed by atoms with E-state index in [-0.39, 0.29) is 11.3 Å². The quantitative estimate of drug-likeness (QED) is 0.817. The highest BCUT2D eigenvalue weighted by Crippen LogP contribution is 2.40. The van der Waals surface area contributed by atoms with E-state index in [1.807, 2.05) is 31.2 Å². The van der Waals surface area contributed by atoms with Crippen LogP contribution in [0.3, 0.4) is 0 Å². The van der Waals surface area contributed by atoms with E-state index in [0.717, 1.165) is 18.7 Å². The number of anilines is 1. The van der Waals surface area contributed by atoms with Crippen LogP contribution in [0.2, 0.25) is 0 Å². The van der Waals surface area contributed by atoms with Crippen molar-refractivity contribution in [3.05, 3.63) is 54.4 Å². The Balaban J connectivity index is 1.69. The van der Waals surface area contributed by atoms with Crippen LogP contribution < -0.4 is 15.0 Å².